The molecular formula is C75H147NO5. The minimum absolute atomic E-state index is 0.0243. The van der Waals surface area contributed by atoms with E-state index >= 15 is 0 Å². The number of esters is 1. The Morgan fingerprint density at radius 1 is 0.333 bits per heavy atom. The highest BCUT2D eigenvalue weighted by Crippen LogP contribution is 2.20. The smallest absolute Gasteiger partial charge is 0.305 e. The van der Waals surface area contributed by atoms with E-state index in [2.05, 4.69) is 19.2 Å². The van der Waals surface area contributed by atoms with E-state index in [1.807, 2.05) is 6.08 Å². The van der Waals surface area contributed by atoms with Crippen molar-refractivity contribution in [2.45, 2.75) is 443 Å². The third kappa shape index (κ3) is 67.6. The Balaban J connectivity index is 3.29. The average Bonchev–Trinajstić information content (AvgIpc) is 3.47. The number of allylic oxidation sites excluding steroid dienone is 1. The summed E-state index contributed by atoms with van der Waals surface area (Å²) >= 11 is 0. The lowest BCUT2D eigenvalue weighted by atomic mass is 10.0. The van der Waals surface area contributed by atoms with Gasteiger partial charge in [0.05, 0.1) is 25.4 Å². The first-order valence-corrected chi connectivity index (χ1v) is 37.5. The van der Waals surface area contributed by atoms with Crippen molar-refractivity contribution in [1.29, 1.82) is 0 Å². The molecule has 81 heavy (non-hydrogen) atoms. The monoisotopic (exact) mass is 1140 g/mol. The van der Waals surface area contributed by atoms with Crippen LogP contribution in [0.5, 0.6) is 0 Å². The van der Waals surface area contributed by atoms with Crippen LogP contribution in [0.3, 0.4) is 0 Å². The van der Waals surface area contributed by atoms with E-state index in [-0.39, 0.29) is 18.5 Å². The largest absolute Gasteiger partial charge is 0.466 e. The first-order chi connectivity index (χ1) is 40.0. The van der Waals surface area contributed by atoms with Gasteiger partial charge in [-0.3, -0.25) is 9.59 Å². The van der Waals surface area contributed by atoms with Crippen LogP contribution in [0.15, 0.2) is 12.2 Å². The lowest BCUT2D eigenvalue weighted by Gasteiger charge is -2.20. The summed E-state index contributed by atoms with van der Waals surface area (Å²) in [5, 5.41) is 23.2. The van der Waals surface area contributed by atoms with Crippen LogP contribution >= 0.6 is 0 Å². The molecule has 2 unspecified atom stereocenters. The molecule has 0 aliphatic rings. The molecule has 6 heteroatoms. The van der Waals surface area contributed by atoms with Crippen molar-refractivity contribution in [3.63, 3.8) is 0 Å². The third-order valence-electron chi connectivity index (χ3n) is 17.8. The molecular weight excluding hydrogens is 995 g/mol. The van der Waals surface area contributed by atoms with Gasteiger partial charge in [-0.1, -0.05) is 398 Å². The lowest BCUT2D eigenvalue weighted by Crippen LogP contribution is -2.45. The second-order valence-electron chi connectivity index (χ2n) is 26.0. The highest BCUT2D eigenvalue weighted by molar-refractivity contribution is 5.76. The Hall–Kier alpha value is -1.40. The number of amides is 1. The Morgan fingerprint density at radius 3 is 0.840 bits per heavy atom. The molecule has 482 valence electrons. The summed E-state index contributed by atoms with van der Waals surface area (Å²) in [7, 11) is 0. The molecule has 0 radical (unpaired) electrons. The summed E-state index contributed by atoms with van der Waals surface area (Å²) in [6.07, 6.45) is 89.1. The number of carbonyl (C=O) groups is 2. The Kier molecular flexibility index (Phi) is 69.9. The van der Waals surface area contributed by atoms with Gasteiger partial charge in [0.25, 0.3) is 0 Å². The highest BCUT2D eigenvalue weighted by Gasteiger charge is 2.18. The number of hydrogen-bond donors (Lipinski definition) is 3. The first kappa shape index (κ1) is 79.6. The van der Waals surface area contributed by atoms with Crippen LogP contribution in [0.4, 0.5) is 0 Å². The van der Waals surface area contributed by atoms with E-state index < -0.39 is 12.1 Å². The minimum Gasteiger partial charge on any atom is -0.466 e. The summed E-state index contributed by atoms with van der Waals surface area (Å²) in [4.78, 5) is 24.5. The van der Waals surface area contributed by atoms with E-state index in [1.54, 1.807) is 6.08 Å². The van der Waals surface area contributed by atoms with E-state index in [0.717, 1.165) is 38.5 Å². The van der Waals surface area contributed by atoms with Crippen molar-refractivity contribution in [3.8, 4) is 0 Å². The van der Waals surface area contributed by atoms with Crippen LogP contribution in [-0.4, -0.2) is 47.4 Å². The molecule has 1 amide bonds. The summed E-state index contributed by atoms with van der Waals surface area (Å²) in [6.45, 7) is 4.94. The zero-order chi connectivity index (χ0) is 58.5. The normalized spacial score (nSPS) is 12.5. The number of aliphatic hydroxyl groups excluding tert-OH is 2. The highest BCUT2D eigenvalue weighted by atomic mass is 16.5. The van der Waals surface area contributed by atoms with Gasteiger partial charge in [-0.05, 0) is 32.1 Å². The molecule has 0 aromatic heterocycles. The molecule has 0 aromatic carbocycles. The summed E-state index contributed by atoms with van der Waals surface area (Å²) in [6, 6.07) is -0.622. The van der Waals surface area contributed by atoms with Crippen molar-refractivity contribution in [3.05, 3.63) is 12.2 Å². The predicted octanol–water partition coefficient (Wildman–Crippen LogP) is 24.3. The topological polar surface area (TPSA) is 95.9 Å². The quantitative estimate of drug-likeness (QED) is 0.0320. The molecule has 2 atom stereocenters. The second kappa shape index (κ2) is 71.1. The van der Waals surface area contributed by atoms with E-state index in [0.29, 0.717) is 19.4 Å². The number of nitrogens with one attached hydrogen (secondary N) is 1. The Bertz CT molecular complexity index is 1220. The molecule has 0 rings (SSSR count). The summed E-state index contributed by atoms with van der Waals surface area (Å²) in [5.74, 6) is -0.0348. The molecule has 0 heterocycles. The number of aliphatic hydroxyl groups is 2. The molecule has 3 N–H and O–H groups in total. The number of rotatable bonds is 71. The van der Waals surface area contributed by atoms with Gasteiger partial charge in [-0.2, -0.15) is 0 Å². The fourth-order valence-corrected chi connectivity index (χ4v) is 12.1. The zero-order valence-electron chi connectivity index (χ0n) is 55.3. The van der Waals surface area contributed by atoms with Gasteiger partial charge in [0, 0.05) is 12.8 Å². The number of ether oxygens (including phenoxy) is 1. The van der Waals surface area contributed by atoms with E-state index in [4.69, 9.17) is 4.74 Å². The molecule has 0 aliphatic heterocycles. The van der Waals surface area contributed by atoms with Gasteiger partial charge < -0.3 is 20.3 Å². The van der Waals surface area contributed by atoms with Crippen LogP contribution in [0.1, 0.15) is 431 Å². The lowest BCUT2D eigenvalue weighted by molar-refractivity contribution is -0.143. The Morgan fingerprint density at radius 2 is 0.568 bits per heavy atom. The van der Waals surface area contributed by atoms with Gasteiger partial charge in [-0.25, -0.2) is 0 Å². The molecule has 0 bridgehead atoms. The molecule has 0 spiro atoms. The van der Waals surface area contributed by atoms with Crippen LogP contribution in [-0.2, 0) is 14.3 Å². The average molecular weight is 1140 g/mol. The van der Waals surface area contributed by atoms with Crippen molar-refractivity contribution in [1.82, 2.24) is 5.32 Å². The van der Waals surface area contributed by atoms with E-state index in [1.165, 1.54) is 366 Å². The third-order valence-corrected chi connectivity index (χ3v) is 17.8. The van der Waals surface area contributed by atoms with Crippen molar-refractivity contribution in [2.24, 2.45) is 0 Å². The standard InChI is InChI=1S/C75H147NO5/c1-3-5-7-9-11-13-15-16-44-48-51-55-59-63-67-73(78)72(71-77)76-74(79)68-64-60-56-52-49-45-42-40-38-36-34-32-30-28-26-24-22-20-18-17-19-21-23-25-27-29-31-33-35-37-39-41-43-46-50-54-58-62-66-70-81-75(80)69-65-61-57-53-47-14-12-10-8-6-4-2/h63,67,72-73,77-78H,3-62,64-66,68-71H2,1-2H3,(H,76,79)/b67-63+. The molecule has 6 nitrogen and oxygen atoms in total. The van der Waals surface area contributed by atoms with Crippen LogP contribution in [0, 0.1) is 0 Å². The number of hydrogen-bond acceptors (Lipinski definition) is 5. The zero-order valence-corrected chi connectivity index (χ0v) is 55.3. The fraction of sp³-hybridized carbons (Fsp3) is 0.947. The van der Waals surface area contributed by atoms with Gasteiger partial charge in [0.15, 0.2) is 0 Å². The maximum atomic E-state index is 12.5. The molecule has 0 aromatic rings. The fourth-order valence-electron chi connectivity index (χ4n) is 12.1. The molecule has 0 fully saturated rings. The van der Waals surface area contributed by atoms with Gasteiger partial charge in [0.1, 0.15) is 0 Å². The van der Waals surface area contributed by atoms with Crippen molar-refractivity contribution < 1.29 is 24.5 Å². The Labute approximate surface area is 508 Å². The van der Waals surface area contributed by atoms with Crippen molar-refractivity contribution >= 4 is 11.9 Å². The number of unbranched alkanes of at least 4 members (excludes halogenated alkanes) is 60. The minimum atomic E-state index is -0.839. The maximum absolute atomic E-state index is 12.5. The van der Waals surface area contributed by atoms with Crippen LogP contribution < -0.4 is 5.32 Å². The predicted molar refractivity (Wildman–Crippen MR) is 357 cm³/mol. The van der Waals surface area contributed by atoms with Gasteiger partial charge in [-0.15, -0.1) is 0 Å². The van der Waals surface area contributed by atoms with Gasteiger partial charge in [0.2, 0.25) is 5.91 Å². The van der Waals surface area contributed by atoms with Crippen LogP contribution in [0.25, 0.3) is 0 Å². The maximum Gasteiger partial charge on any atom is 0.305 e. The molecule has 0 saturated heterocycles. The van der Waals surface area contributed by atoms with Crippen molar-refractivity contribution in [2.75, 3.05) is 13.2 Å². The summed E-state index contributed by atoms with van der Waals surface area (Å²) in [5.41, 5.74) is 0. The van der Waals surface area contributed by atoms with E-state index in [9.17, 15) is 19.8 Å². The van der Waals surface area contributed by atoms with Crippen LogP contribution in [0.2, 0.25) is 0 Å². The first-order valence-electron chi connectivity index (χ1n) is 37.5. The second-order valence-corrected chi connectivity index (χ2v) is 26.0. The number of carbonyl (C=O) groups excluding carboxylic acids is 2. The molecule has 0 saturated carbocycles. The van der Waals surface area contributed by atoms with Gasteiger partial charge >= 0.3 is 5.97 Å². The molecule has 0 aliphatic carbocycles. The SMILES string of the molecule is CCCCCCCCCCCCCC/C=C/C(O)C(CO)NC(=O)CCCCCCCCCCCCCCCCCCCCCCCCCCCCCCCCCCCCCCCCCOC(=O)CCCCCCCCCCCCC. The summed E-state index contributed by atoms with van der Waals surface area (Å²) < 4.78 is 5.48.